The van der Waals surface area contributed by atoms with Crippen LogP contribution in [0.2, 0.25) is 0 Å². The van der Waals surface area contributed by atoms with E-state index in [2.05, 4.69) is 15.0 Å². The zero-order chi connectivity index (χ0) is 16.5. The molecule has 1 aromatic carbocycles. The van der Waals surface area contributed by atoms with Gasteiger partial charge in [0.1, 0.15) is 11.6 Å². The van der Waals surface area contributed by atoms with E-state index in [0.29, 0.717) is 11.5 Å². The monoisotopic (exact) mass is 326 g/mol. The first-order chi connectivity index (χ1) is 11.7. The fourth-order valence-corrected chi connectivity index (χ4v) is 3.66. The molecule has 3 aromatic rings. The van der Waals surface area contributed by atoms with Crippen molar-refractivity contribution >= 4 is 11.0 Å². The third kappa shape index (κ3) is 2.78. The Labute approximate surface area is 140 Å². The van der Waals surface area contributed by atoms with E-state index in [1.807, 2.05) is 12.1 Å². The smallest absolute Gasteiger partial charge is 0.181 e. The van der Waals surface area contributed by atoms with Gasteiger partial charge in [-0.05, 0) is 18.4 Å². The molecule has 1 atom stereocenters. The summed E-state index contributed by atoms with van der Waals surface area (Å²) in [6, 6.07) is 3.84. The summed E-state index contributed by atoms with van der Waals surface area (Å²) in [6.45, 7) is 0. The van der Waals surface area contributed by atoms with E-state index in [0.717, 1.165) is 34.8 Å². The van der Waals surface area contributed by atoms with Crippen LogP contribution in [0.3, 0.4) is 0 Å². The van der Waals surface area contributed by atoms with Crippen molar-refractivity contribution in [2.24, 2.45) is 11.7 Å². The zero-order valence-corrected chi connectivity index (χ0v) is 13.8. The first-order valence-corrected chi connectivity index (χ1v) is 8.46. The highest BCUT2D eigenvalue weighted by atomic mass is 16.5. The Morgan fingerprint density at radius 2 is 2.21 bits per heavy atom. The summed E-state index contributed by atoms with van der Waals surface area (Å²) in [5.41, 5.74) is 9.02. The second-order valence-electron chi connectivity index (χ2n) is 6.55. The predicted octanol–water partition coefficient (Wildman–Crippen LogP) is 3.81. The van der Waals surface area contributed by atoms with Gasteiger partial charge in [0, 0.05) is 6.07 Å². The number of oxazole rings is 1. The number of benzene rings is 1. The van der Waals surface area contributed by atoms with Gasteiger partial charge in [0.15, 0.2) is 12.2 Å². The van der Waals surface area contributed by atoms with E-state index < -0.39 is 0 Å². The minimum atomic E-state index is -0.0553. The van der Waals surface area contributed by atoms with Gasteiger partial charge < -0.3 is 19.9 Å². The van der Waals surface area contributed by atoms with E-state index in [1.54, 1.807) is 13.3 Å². The number of aromatic amines is 1. The SMILES string of the molecule is COc1cc2nc(C(N)CC3CCCC3)[nH]c2cc1-c1cnco1. The summed E-state index contributed by atoms with van der Waals surface area (Å²) in [7, 11) is 1.64. The van der Waals surface area contributed by atoms with Crippen LogP contribution in [-0.2, 0) is 0 Å². The summed E-state index contributed by atoms with van der Waals surface area (Å²) >= 11 is 0. The molecule has 4 rings (SSSR count). The van der Waals surface area contributed by atoms with E-state index in [-0.39, 0.29) is 6.04 Å². The highest BCUT2D eigenvalue weighted by Gasteiger charge is 2.21. The minimum Gasteiger partial charge on any atom is -0.496 e. The van der Waals surface area contributed by atoms with Crippen molar-refractivity contribution in [2.45, 2.75) is 38.1 Å². The Kier molecular flexibility index (Phi) is 3.98. The average molecular weight is 326 g/mol. The normalized spacial score (nSPS) is 16.8. The van der Waals surface area contributed by atoms with Crippen LogP contribution >= 0.6 is 0 Å². The van der Waals surface area contributed by atoms with Gasteiger partial charge in [-0.15, -0.1) is 0 Å². The lowest BCUT2D eigenvalue weighted by molar-refractivity contribution is 0.415. The van der Waals surface area contributed by atoms with Crippen molar-refractivity contribution in [3.8, 4) is 17.1 Å². The molecule has 24 heavy (non-hydrogen) atoms. The van der Waals surface area contributed by atoms with Crippen LogP contribution in [0.15, 0.2) is 29.1 Å². The summed E-state index contributed by atoms with van der Waals surface area (Å²) < 4.78 is 10.9. The maximum atomic E-state index is 6.39. The molecule has 3 N–H and O–H groups in total. The van der Waals surface area contributed by atoms with Gasteiger partial charge in [-0.1, -0.05) is 25.7 Å². The summed E-state index contributed by atoms with van der Waals surface area (Å²) in [6.07, 6.45) is 9.31. The molecule has 1 saturated carbocycles. The van der Waals surface area contributed by atoms with Gasteiger partial charge in [-0.2, -0.15) is 0 Å². The first-order valence-electron chi connectivity index (χ1n) is 8.46. The van der Waals surface area contributed by atoms with Crippen molar-refractivity contribution < 1.29 is 9.15 Å². The number of aromatic nitrogens is 3. The van der Waals surface area contributed by atoms with Crippen LogP contribution in [0.1, 0.15) is 44.0 Å². The summed E-state index contributed by atoms with van der Waals surface area (Å²) in [5, 5.41) is 0. The molecule has 0 saturated heterocycles. The number of ether oxygens (including phenoxy) is 1. The van der Waals surface area contributed by atoms with Crippen LogP contribution in [0.4, 0.5) is 0 Å². The summed E-state index contributed by atoms with van der Waals surface area (Å²) in [5.74, 6) is 2.95. The molecule has 6 nitrogen and oxygen atoms in total. The Morgan fingerprint density at radius 1 is 1.38 bits per heavy atom. The summed E-state index contributed by atoms with van der Waals surface area (Å²) in [4.78, 5) is 12.0. The molecule has 6 heteroatoms. The molecule has 1 unspecified atom stereocenters. The molecule has 0 aliphatic heterocycles. The van der Waals surface area contributed by atoms with Crippen LogP contribution < -0.4 is 10.5 Å². The predicted molar refractivity (Wildman–Crippen MR) is 91.6 cm³/mol. The molecule has 1 fully saturated rings. The lowest BCUT2D eigenvalue weighted by atomic mass is 9.99. The van der Waals surface area contributed by atoms with Crippen molar-refractivity contribution in [2.75, 3.05) is 7.11 Å². The Balaban J connectivity index is 1.67. The number of hydrogen-bond acceptors (Lipinski definition) is 5. The van der Waals surface area contributed by atoms with Crippen molar-refractivity contribution in [3.05, 3.63) is 30.5 Å². The zero-order valence-electron chi connectivity index (χ0n) is 13.8. The first kappa shape index (κ1) is 15.2. The largest absolute Gasteiger partial charge is 0.496 e. The highest BCUT2D eigenvalue weighted by Crippen LogP contribution is 2.35. The van der Waals surface area contributed by atoms with Gasteiger partial charge in [-0.25, -0.2) is 9.97 Å². The van der Waals surface area contributed by atoms with E-state index >= 15 is 0 Å². The second kappa shape index (κ2) is 6.28. The number of methoxy groups -OCH3 is 1. The molecule has 0 radical (unpaired) electrons. The standard InChI is InChI=1S/C18H22N4O2/c1-23-16-8-15-14(7-12(16)17-9-20-10-24-17)21-18(22-15)13(19)6-11-4-2-3-5-11/h7-11,13H,2-6,19H2,1H3,(H,21,22). The van der Waals surface area contributed by atoms with E-state index in [9.17, 15) is 0 Å². The highest BCUT2D eigenvalue weighted by molar-refractivity contribution is 5.85. The van der Waals surface area contributed by atoms with Crippen LogP contribution in [0.25, 0.3) is 22.4 Å². The number of rotatable bonds is 5. The third-order valence-corrected chi connectivity index (χ3v) is 4.93. The van der Waals surface area contributed by atoms with Crippen LogP contribution in [-0.4, -0.2) is 22.1 Å². The van der Waals surface area contributed by atoms with E-state index in [1.165, 1.54) is 32.1 Å². The lowest BCUT2D eigenvalue weighted by Crippen LogP contribution is -2.15. The molecule has 0 amide bonds. The number of hydrogen-bond donors (Lipinski definition) is 2. The molecular weight excluding hydrogens is 304 g/mol. The molecular formula is C18H22N4O2. The minimum absolute atomic E-state index is 0.0553. The molecule has 0 bridgehead atoms. The van der Waals surface area contributed by atoms with Gasteiger partial charge in [0.05, 0.1) is 35.9 Å². The molecule has 2 heterocycles. The molecule has 0 spiro atoms. The second-order valence-corrected chi connectivity index (χ2v) is 6.55. The number of nitrogens with zero attached hydrogens (tertiary/aromatic N) is 2. The number of nitrogens with one attached hydrogen (secondary N) is 1. The van der Waals surface area contributed by atoms with Crippen molar-refractivity contribution in [1.29, 1.82) is 0 Å². The van der Waals surface area contributed by atoms with Gasteiger partial charge >= 0.3 is 0 Å². The average Bonchev–Trinajstić information content (AvgIpc) is 3.33. The molecule has 126 valence electrons. The number of fused-ring (bicyclic) bond motifs is 1. The third-order valence-electron chi connectivity index (χ3n) is 4.93. The Bertz CT molecular complexity index is 819. The van der Waals surface area contributed by atoms with Crippen molar-refractivity contribution in [3.63, 3.8) is 0 Å². The number of imidazole rings is 1. The molecule has 1 aliphatic carbocycles. The van der Waals surface area contributed by atoms with Gasteiger partial charge in [0.25, 0.3) is 0 Å². The fourth-order valence-electron chi connectivity index (χ4n) is 3.66. The molecule has 2 aromatic heterocycles. The van der Waals surface area contributed by atoms with Gasteiger partial charge in [0.2, 0.25) is 0 Å². The van der Waals surface area contributed by atoms with Crippen LogP contribution in [0.5, 0.6) is 5.75 Å². The number of nitrogens with two attached hydrogens (primary N) is 1. The van der Waals surface area contributed by atoms with Crippen molar-refractivity contribution in [1.82, 2.24) is 15.0 Å². The quantitative estimate of drug-likeness (QED) is 0.744. The molecule has 1 aliphatic rings. The lowest BCUT2D eigenvalue weighted by Gasteiger charge is -2.13. The fraction of sp³-hybridized carbons (Fsp3) is 0.444. The maximum Gasteiger partial charge on any atom is 0.181 e. The number of H-pyrrole nitrogens is 1. The maximum absolute atomic E-state index is 6.39. The van der Waals surface area contributed by atoms with E-state index in [4.69, 9.17) is 14.9 Å². The topological polar surface area (TPSA) is 90.0 Å². The Hall–Kier alpha value is -2.34. The van der Waals surface area contributed by atoms with Gasteiger partial charge in [-0.3, -0.25) is 0 Å². The van der Waals surface area contributed by atoms with Crippen LogP contribution in [0, 0.1) is 5.92 Å². The Morgan fingerprint density at radius 3 is 2.92 bits per heavy atom.